The SMILES string of the molecule is O=C(O)/C=C\C(=O)N(c1ccccc1)c1ccccc1C(=O)O. The average molecular weight is 311 g/mol. The van der Waals surface area contributed by atoms with Crippen LogP contribution in [0.2, 0.25) is 0 Å². The Kier molecular flexibility index (Phi) is 4.89. The van der Waals surface area contributed by atoms with Crippen LogP contribution < -0.4 is 4.90 Å². The van der Waals surface area contributed by atoms with Gasteiger partial charge in [0.2, 0.25) is 0 Å². The van der Waals surface area contributed by atoms with E-state index in [2.05, 4.69) is 0 Å². The van der Waals surface area contributed by atoms with Crippen LogP contribution >= 0.6 is 0 Å². The first-order valence-electron chi connectivity index (χ1n) is 6.63. The second kappa shape index (κ2) is 7.04. The number of amides is 1. The molecule has 0 bridgehead atoms. The zero-order valence-electron chi connectivity index (χ0n) is 11.9. The van der Waals surface area contributed by atoms with Crippen LogP contribution in [0.3, 0.4) is 0 Å². The van der Waals surface area contributed by atoms with Crippen LogP contribution in [0.1, 0.15) is 10.4 Å². The number of carbonyl (C=O) groups excluding carboxylic acids is 1. The van der Waals surface area contributed by atoms with Gasteiger partial charge in [0.15, 0.2) is 0 Å². The van der Waals surface area contributed by atoms with Crippen molar-refractivity contribution >= 4 is 29.2 Å². The standard InChI is InChI=1S/C17H13NO5/c19-15(10-11-16(20)21)18(12-6-2-1-3-7-12)14-9-5-4-8-13(14)17(22)23/h1-11H,(H,20,21)(H,22,23)/b11-10-. The third-order valence-electron chi connectivity index (χ3n) is 2.98. The van der Waals surface area contributed by atoms with Crippen molar-refractivity contribution in [1.29, 1.82) is 0 Å². The number of carboxylic acids is 2. The summed E-state index contributed by atoms with van der Waals surface area (Å²) in [6.07, 6.45) is 1.59. The molecule has 6 nitrogen and oxygen atoms in total. The lowest BCUT2D eigenvalue weighted by Crippen LogP contribution is -2.26. The number of carboxylic acid groups (broad SMARTS) is 2. The summed E-state index contributed by atoms with van der Waals surface area (Å²) in [7, 11) is 0. The number of para-hydroxylation sites is 2. The summed E-state index contributed by atoms with van der Waals surface area (Å²) in [4.78, 5) is 35.6. The van der Waals surface area contributed by atoms with Crippen molar-refractivity contribution in [2.24, 2.45) is 0 Å². The largest absolute Gasteiger partial charge is 0.478 e. The van der Waals surface area contributed by atoms with Crippen molar-refractivity contribution in [1.82, 2.24) is 0 Å². The molecule has 6 heteroatoms. The monoisotopic (exact) mass is 311 g/mol. The van der Waals surface area contributed by atoms with E-state index in [9.17, 15) is 19.5 Å². The van der Waals surface area contributed by atoms with Gasteiger partial charge in [-0.3, -0.25) is 9.69 Å². The number of benzene rings is 2. The summed E-state index contributed by atoms with van der Waals surface area (Å²) >= 11 is 0. The van der Waals surface area contributed by atoms with Crippen molar-refractivity contribution in [3.8, 4) is 0 Å². The zero-order chi connectivity index (χ0) is 16.8. The Balaban J connectivity index is 2.57. The van der Waals surface area contributed by atoms with Gasteiger partial charge in [-0.15, -0.1) is 0 Å². The lowest BCUT2D eigenvalue weighted by atomic mass is 10.1. The molecule has 0 saturated carbocycles. The molecular weight excluding hydrogens is 298 g/mol. The Labute approximate surface area is 131 Å². The van der Waals surface area contributed by atoms with Gasteiger partial charge in [0.1, 0.15) is 0 Å². The minimum absolute atomic E-state index is 0.0616. The van der Waals surface area contributed by atoms with Crippen molar-refractivity contribution in [2.75, 3.05) is 4.90 Å². The molecule has 2 rings (SSSR count). The number of aromatic carboxylic acids is 1. The van der Waals surface area contributed by atoms with E-state index in [1.165, 1.54) is 12.1 Å². The summed E-state index contributed by atoms with van der Waals surface area (Å²) in [5, 5.41) is 18.0. The van der Waals surface area contributed by atoms with Crippen molar-refractivity contribution < 1.29 is 24.6 Å². The lowest BCUT2D eigenvalue weighted by molar-refractivity contribution is -0.131. The second-order valence-electron chi connectivity index (χ2n) is 4.50. The van der Waals surface area contributed by atoms with E-state index in [-0.39, 0.29) is 11.3 Å². The Morgan fingerprint density at radius 1 is 0.826 bits per heavy atom. The van der Waals surface area contributed by atoms with Gasteiger partial charge < -0.3 is 10.2 Å². The smallest absolute Gasteiger partial charge is 0.337 e. The number of rotatable bonds is 5. The maximum atomic E-state index is 12.4. The highest BCUT2D eigenvalue weighted by atomic mass is 16.4. The fraction of sp³-hybridized carbons (Fsp3) is 0. The topological polar surface area (TPSA) is 94.9 Å². The molecule has 116 valence electrons. The van der Waals surface area contributed by atoms with E-state index in [1.807, 2.05) is 0 Å². The molecule has 0 radical (unpaired) electrons. The molecule has 0 saturated heterocycles. The van der Waals surface area contributed by atoms with Crippen molar-refractivity contribution in [2.45, 2.75) is 0 Å². The first kappa shape index (κ1) is 16.0. The van der Waals surface area contributed by atoms with Crippen LogP contribution in [-0.2, 0) is 9.59 Å². The summed E-state index contributed by atoms with van der Waals surface area (Å²) in [6, 6.07) is 14.4. The Bertz CT molecular complexity index is 768. The molecule has 0 heterocycles. The number of aliphatic carboxylic acids is 1. The van der Waals surface area contributed by atoms with E-state index in [0.29, 0.717) is 11.8 Å². The fourth-order valence-electron chi connectivity index (χ4n) is 2.03. The van der Waals surface area contributed by atoms with Crippen LogP contribution in [0, 0.1) is 0 Å². The van der Waals surface area contributed by atoms with Crippen LogP contribution in [0.4, 0.5) is 11.4 Å². The average Bonchev–Trinajstić information content (AvgIpc) is 2.54. The maximum absolute atomic E-state index is 12.4. The molecule has 0 aromatic heterocycles. The Hall–Kier alpha value is -3.41. The van der Waals surface area contributed by atoms with Gasteiger partial charge in [0.25, 0.3) is 5.91 Å². The highest BCUT2D eigenvalue weighted by molar-refractivity contribution is 6.11. The summed E-state index contributed by atoms with van der Waals surface area (Å²) in [5.74, 6) is -3.11. The van der Waals surface area contributed by atoms with E-state index in [0.717, 1.165) is 11.0 Å². The van der Waals surface area contributed by atoms with Crippen molar-refractivity contribution in [3.05, 3.63) is 72.3 Å². The van der Waals surface area contributed by atoms with E-state index < -0.39 is 17.8 Å². The molecule has 0 atom stereocenters. The summed E-state index contributed by atoms with van der Waals surface area (Å²) < 4.78 is 0. The number of hydrogen-bond acceptors (Lipinski definition) is 3. The number of hydrogen-bond donors (Lipinski definition) is 2. The number of anilines is 2. The van der Waals surface area contributed by atoms with Crippen LogP contribution in [0.5, 0.6) is 0 Å². The minimum atomic E-state index is -1.27. The lowest BCUT2D eigenvalue weighted by Gasteiger charge is -2.23. The molecule has 1 amide bonds. The molecule has 0 aliphatic heterocycles. The molecule has 0 spiro atoms. The minimum Gasteiger partial charge on any atom is -0.478 e. The van der Waals surface area contributed by atoms with Gasteiger partial charge >= 0.3 is 11.9 Å². The van der Waals surface area contributed by atoms with Gasteiger partial charge in [0, 0.05) is 17.8 Å². The van der Waals surface area contributed by atoms with Crippen LogP contribution in [0.25, 0.3) is 0 Å². The Morgan fingerprint density at radius 2 is 1.43 bits per heavy atom. The molecule has 0 aliphatic rings. The highest BCUT2D eigenvalue weighted by Gasteiger charge is 2.21. The molecule has 2 aromatic rings. The highest BCUT2D eigenvalue weighted by Crippen LogP contribution is 2.29. The molecule has 23 heavy (non-hydrogen) atoms. The Morgan fingerprint density at radius 3 is 2.04 bits per heavy atom. The fourth-order valence-corrected chi connectivity index (χ4v) is 2.03. The van der Waals surface area contributed by atoms with Gasteiger partial charge in [-0.2, -0.15) is 0 Å². The predicted molar refractivity (Wildman–Crippen MR) is 83.8 cm³/mol. The second-order valence-corrected chi connectivity index (χ2v) is 4.50. The number of carbonyl (C=O) groups is 3. The van der Waals surface area contributed by atoms with Crippen molar-refractivity contribution in [3.63, 3.8) is 0 Å². The first-order valence-corrected chi connectivity index (χ1v) is 6.63. The summed E-state index contributed by atoms with van der Waals surface area (Å²) in [5.41, 5.74) is 0.529. The normalized spacial score (nSPS) is 10.4. The molecule has 0 unspecified atom stereocenters. The van der Waals surface area contributed by atoms with Gasteiger partial charge in [-0.25, -0.2) is 9.59 Å². The van der Waals surface area contributed by atoms with E-state index in [1.54, 1.807) is 42.5 Å². The van der Waals surface area contributed by atoms with E-state index >= 15 is 0 Å². The van der Waals surface area contributed by atoms with Crippen LogP contribution in [0.15, 0.2) is 66.7 Å². The molecule has 0 fully saturated rings. The third-order valence-corrected chi connectivity index (χ3v) is 2.98. The zero-order valence-corrected chi connectivity index (χ0v) is 11.9. The third kappa shape index (κ3) is 3.82. The quantitative estimate of drug-likeness (QED) is 0.828. The molecule has 2 aromatic carbocycles. The van der Waals surface area contributed by atoms with Crippen LogP contribution in [-0.4, -0.2) is 28.1 Å². The molecule has 0 aliphatic carbocycles. The molecular formula is C17H13NO5. The van der Waals surface area contributed by atoms with Gasteiger partial charge in [0.05, 0.1) is 11.3 Å². The maximum Gasteiger partial charge on any atom is 0.337 e. The van der Waals surface area contributed by atoms with Gasteiger partial charge in [-0.05, 0) is 24.3 Å². The van der Waals surface area contributed by atoms with E-state index in [4.69, 9.17) is 5.11 Å². The number of nitrogens with zero attached hydrogens (tertiary/aromatic N) is 1. The molecule has 2 N–H and O–H groups in total. The predicted octanol–water partition coefficient (Wildman–Crippen LogP) is 2.69. The summed E-state index contributed by atoms with van der Waals surface area (Å²) in [6.45, 7) is 0. The first-order chi connectivity index (χ1) is 11.0. The van der Waals surface area contributed by atoms with Gasteiger partial charge in [-0.1, -0.05) is 30.3 Å².